The molecule has 4 aromatic rings. The standard InChI is InChI=1S/C26H25ClN4O2/c1-18(22-9-6-10-24(15-22)28-19(2)32)31(16-20-7-4-3-5-8-20)17-25-29-26(30-33-25)21-11-13-23(27)14-12-21/h3-15,18H,16-17H2,1-2H3,(H,28,32). The molecule has 0 saturated carbocycles. The van der Waals surface area contributed by atoms with Gasteiger partial charge in [-0.1, -0.05) is 59.2 Å². The van der Waals surface area contributed by atoms with Gasteiger partial charge in [-0.15, -0.1) is 0 Å². The van der Waals surface area contributed by atoms with E-state index in [0.717, 1.165) is 16.8 Å². The predicted molar refractivity (Wildman–Crippen MR) is 130 cm³/mol. The van der Waals surface area contributed by atoms with Gasteiger partial charge in [0, 0.05) is 35.8 Å². The van der Waals surface area contributed by atoms with Crippen LogP contribution in [0.3, 0.4) is 0 Å². The maximum absolute atomic E-state index is 11.5. The van der Waals surface area contributed by atoms with Crippen molar-refractivity contribution in [2.75, 3.05) is 5.32 Å². The van der Waals surface area contributed by atoms with Gasteiger partial charge in [0.25, 0.3) is 0 Å². The second kappa shape index (κ2) is 10.4. The molecule has 0 aliphatic carbocycles. The van der Waals surface area contributed by atoms with Crippen LogP contribution >= 0.6 is 11.6 Å². The number of amides is 1. The topological polar surface area (TPSA) is 71.3 Å². The van der Waals surface area contributed by atoms with Crippen molar-refractivity contribution >= 4 is 23.2 Å². The zero-order valence-electron chi connectivity index (χ0n) is 18.5. The number of carbonyl (C=O) groups is 1. The molecule has 168 valence electrons. The molecular weight excluding hydrogens is 436 g/mol. The fourth-order valence-corrected chi connectivity index (χ4v) is 3.77. The summed E-state index contributed by atoms with van der Waals surface area (Å²) in [6, 6.07) is 25.5. The highest BCUT2D eigenvalue weighted by atomic mass is 35.5. The van der Waals surface area contributed by atoms with Crippen molar-refractivity contribution in [2.24, 2.45) is 0 Å². The molecule has 1 amide bonds. The number of benzene rings is 3. The van der Waals surface area contributed by atoms with Crippen molar-refractivity contribution < 1.29 is 9.32 Å². The number of hydrogen-bond acceptors (Lipinski definition) is 5. The third kappa shape index (κ3) is 6.06. The molecule has 0 spiro atoms. The van der Waals surface area contributed by atoms with Crippen molar-refractivity contribution in [2.45, 2.75) is 33.0 Å². The fourth-order valence-electron chi connectivity index (χ4n) is 3.65. The Morgan fingerprint density at radius 3 is 2.52 bits per heavy atom. The van der Waals surface area contributed by atoms with Crippen LogP contribution < -0.4 is 5.32 Å². The number of carbonyl (C=O) groups excluding carboxylic acids is 1. The van der Waals surface area contributed by atoms with Crippen molar-refractivity contribution in [3.8, 4) is 11.4 Å². The minimum atomic E-state index is -0.0958. The Morgan fingerprint density at radius 2 is 1.79 bits per heavy atom. The molecule has 1 aromatic heterocycles. The monoisotopic (exact) mass is 460 g/mol. The highest BCUT2D eigenvalue weighted by Gasteiger charge is 2.20. The Morgan fingerprint density at radius 1 is 1.03 bits per heavy atom. The maximum atomic E-state index is 11.5. The first-order valence-corrected chi connectivity index (χ1v) is 11.1. The summed E-state index contributed by atoms with van der Waals surface area (Å²) in [6.45, 7) is 4.81. The van der Waals surface area contributed by atoms with E-state index in [1.807, 2.05) is 48.5 Å². The molecule has 7 heteroatoms. The lowest BCUT2D eigenvalue weighted by atomic mass is 10.0. The van der Waals surface area contributed by atoms with Crippen LogP contribution in [0, 0.1) is 0 Å². The Bertz CT molecular complexity index is 1210. The van der Waals surface area contributed by atoms with Crippen LogP contribution in [0.2, 0.25) is 5.02 Å². The molecule has 0 bridgehead atoms. The molecule has 3 aromatic carbocycles. The van der Waals surface area contributed by atoms with E-state index in [0.29, 0.717) is 29.8 Å². The zero-order chi connectivity index (χ0) is 23.2. The summed E-state index contributed by atoms with van der Waals surface area (Å²) in [5, 5.41) is 7.67. The van der Waals surface area contributed by atoms with Gasteiger partial charge in [0.15, 0.2) is 0 Å². The molecule has 0 saturated heterocycles. The normalized spacial score (nSPS) is 12.0. The first-order valence-electron chi connectivity index (χ1n) is 10.7. The summed E-state index contributed by atoms with van der Waals surface area (Å²) in [7, 11) is 0. The molecule has 1 unspecified atom stereocenters. The lowest BCUT2D eigenvalue weighted by Gasteiger charge is -2.28. The minimum Gasteiger partial charge on any atom is -0.338 e. The van der Waals surface area contributed by atoms with Crippen molar-refractivity contribution in [3.63, 3.8) is 0 Å². The summed E-state index contributed by atoms with van der Waals surface area (Å²) < 4.78 is 5.59. The third-order valence-corrected chi connectivity index (χ3v) is 5.63. The number of nitrogens with one attached hydrogen (secondary N) is 1. The van der Waals surface area contributed by atoms with Gasteiger partial charge in [-0.05, 0) is 54.4 Å². The van der Waals surface area contributed by atoms with E-state index in [1.54, 1.807) is 12.1 Å². The molecule has 0 aliphatic rings. The molecule has 1 atom stereocenters. The first kappa shape index (κ1) is 22.7. The van der Waals surface area contributed by atoms with Crippen LogP contribution in [0.25, 0.3) is 11.4 Å². The van der Waals surface area contributed by atoms with Crippen molar-refractivity contribution in [3.05, 3.63) is 101 Å². The molecule has 0 radical (unpaired) electrons. The number of nitrogens with zero attached hydrogens (tertiary/aromatic N) is 3. The summed E-state index contributed by atoms with van der Waals surface area (Å²) in [6.07, 6.45) is 0. The van der Waals surface area contributed by atoms with Crippen LogP contribution in [0.15, 0.2) is 83.4 Å². The van der Waals surface area contributed by atoms with Crippen LogP contribution in [0.1, 0.15) is 36.9 Å². The lowest BCUT2D eigenvalue weighted by Crippen LogP contribution is -2.26. The van der Waals surface area contributed by atoms with E-state index in [2.05, 4.69) is 45.5 Å². The SMILES string of the molecule is CC(=O)Nc1cccc(C(C)N(Cc2ccccc2)Cc2nc(-c3ccc(Cl)cc3)no2)c1. The fraction of sp³-hybridized carbons (Fsp3) is 0.192. The second-order valence-corrected chi connectivity index (χ2v) is 8.33. The minimum absolute atomic E-state index is 0.0322. The Balaban J connectivity index is 1.59. The first-order chi connectivity index (χ1) is 16.0. The molecule has 1 heterocycles. The van der Waals surface area contributed by atoms with E-state index >= 15 is 0 Å². The Kier molecular flexibility index (Phi) is 7.17. The largest absolute Gasteiger partial charge is 0.338 e. The van der Waals surface area contributed by atoms with Gasteiger partial charge in [0.2, 0.25) is 17.6 Å². The third-order valence-electron chi connectivity index (χ3n) is 5.37. The Hall–Kier alpha value is -3.48. The number of rotatable bonds is 8. The number of hydrogen-bond donors (Lipinski definition) is 1. The summed E-state index contributed by atoms with van der Waals surface area (Å²) in [5.41, 5.74) is 3.88. The summed E-state index contributed by atoms with van der Waals surface area (Å²) in [5.74, 6) is 0.962. The van der Waals surface area contributed by atoms with Gasteiger partial charge in [0.05, 0.1) is 6.54 Å². The number of anilines is 1. The van der Waals surface area contributed by atoms with Crippen molar-refractivity contribution in [1.82, 2.24) is 15.0 Å². The average molecular weight is 461 g/mol. The molecule has 0 fully saturated rings. The Labute approximate surface area is 198 Å². The lowest BCUT2D eigenvalue weighted by molar-refractivity contribution is -0.114. The van der Waals surface area contributed by atoms with E-state index in [9.17, 15) is 4.79 Å². The van der Waals surface area contributed by atoms with E-state index in [-0.39, 0.29) is 11.9 Å². The highest BCUT2D eigenvalue weighted by molar-refractivity contribution is 6.30. The molecule has 0 aliphatic heterocycles. The van der Waals surface area contributed by atoms with E-state index < -0.39 is 0 Å². The molecular formula is C26H25ClN4O2. The van der Waals surface area contributed by atoms with Gasteiger partial charge in [0.1, 0.15) is 0 Å². The van der Waals surface area contributed by atoms with E-state index in [4.69, 9.17) is 16.1 Å². The quantitative estimate of drug-likeness (QED) is 0.343. The average Bonchev–Trinajstić information content (AvgIpc) is 3.27. The summed E-state index contributed by atoms with van der Waals surface area (Å²) in [4.78, 5) is 18.4. The van der Waals surface area contributed by atoms with Gasteiger partial charge < -0.3 is 9.84 Å². The van der Waals surface area contributed by atoms with Gasteiger partial charge >= 0.3 is 0 Å². The van der Waals surface area contributed by atoms with Crippen LogP contribution in [-0.4, -0.2) is 20.9 Å². The van der Waals surface area contributed by atoms with E-state index in [1.165, 1.54) is 12.5 Å². The van der Waals surface area contributed by atoms with Crippen LogP contribution in [0.5, 0.6) is 0 Å². The second-order valence-electron chi connectivity index (χ2n) is 7.89. The highest BCUT2D eigenvalue weighted by Crippen LogP contribution is 2.27. The number of halogens is 1. The van der Waals surface area contributed by atoms with Crippen LogP contribution in [-0.2, 0) is 17.9 Å². The van der Waals surface area contributed by atoms with Gasteiger partial charge in [-0.25, -0.2) is 0 Å². The predicted octanol–water partition coefficient (Wildman–Crippen LogP) is 6.11. The summed E-state index contributed by atoms with van der Waals surface area (Å²) >= 11 is 5.99. The zero-order valence-corrected chi connectivity index (χ0v) is 19.3. The molecule has 33 heavy (non-hydrogen) atoms. The molecule has 6 nitrogen and oxygen atoms in total. The maximum Gasteiger partial charge on any atom is 0.241 e. The number of aromatic nitrogens is 2. The molecule has 4 rings (SSSR count). The smallest absolute Gasteiger partial charge is 0.241 e. The molecule has 1 N–H and O–H groups in total. The van der Waals surface area contributed by atoms with Crippen molar-refractivity contribution in [1.29, 1.82) is 0 Å². The van der Waals surface area contributed by atoms with Gasteiger partial charge in [-0.2, -0.15) is 4.98 Å². The van der Waals surface area contributed by atoms with Crippen LogP contribution in [0.4, 0.5) is 5.69 Å². The van der Waals surface area contributed by atoms with Gasteiger partial charge in [-0.3, -0.25) is 9.69 Å².